The Balaban J connectivity index is 2.58. The molecule has 0 aliphatic rings. The molecule has 6 heteroatoms. The van der Waals surface area contributed by atoms with Crippen molar-refractivity contribution in [3.8, 4) is 0 Å². The summed E-state index contributed by atoms with van der Waals surface area (Å²) in [7, 11) is 0. The fourth-order valence-electron chi connectivity index (χ4n) is 0.710. The molecule has 12 heavy (non-hydrogen) atoms. The highest BCUT2D eigenvalue weighted by molar-refractivity contribution is 8.11. The Hall–Kier alpha value is -0.200. The van der Waals surface area contributed by atoms with Crippen LogP contribution in [0, 0.1) is 0 Å². The van der Waals surface area contributed by atoms with Gasteiger partial charge in [-0.1, -0.05) is 30.5 Å². The minimum Gasteiger partial charge on any atom is -0.316 e. The average Bonchev–Trinajstić information content (AvgIpc) is 2.36. The van der Waals surface area contributed by atoms with Crippen LogP contribution in [-0.4, -0.2) is 14.5 Å². The molecule has 0 atom stereocenters. The van der Waals surface area contributed by atoms with Crippen molar-refractivity contribution < 1.29 is 0 Å². The normalized spacial score (nSPS) is 9.83. The van der Waals surface area contributed by atoms with Gasteiger partial charge in [0.1, 0.15) is 9.33 Å². The molecular weight excluding hydrogens is 210 g/mol. The molecule has 1 aromatic rings. The molecule has 66 valence electrons. The summed E-state index contributed by atoms with van der Waals surface area (Å²) in [6.07, 6.45) is 2.05. The van der Waals surface area contributed by atoms with Gasteiger partial charge < -0.3 is 5.32 Å². The van der Waals surface area contributed by atoms with Crippen molar-refractivity contribution >= 4 is 45.6 Å². The lowest BCUT2D eigenvalue weighted by Gasteiger charge is -1.92. The minimum absolute atomic E-state index is 0.425. The predicted molar refractivity (Wildman–Crippen MR) is 59.1 cm³/mol. The van der Waals surface area contributed by atoms with Gasteiger partial charge in [0.15, 0.2) is 0 Å². The number of anilines is 1. The number of aryl methyl sites for hydroxylation is 1. The van der Waals surface area contributed by atoms with Gasteiger partial charge in [0, 0.05) is 6.42 Å². The van der Waals surface area contributed by atoms with Gasteiger partial charge in [0.05, 0.1) is 0 Å². The summed E-state index contributed by atoms with van der Waals surface area (Å²) in [4.78, 5) is 0. The van der Waals surface area contributed by atoms with Crippen LogP contribution in [0.5, 0.6) is 0 Å². The molecule has 1 aromatic heterocycles. The zero-order valence-electron chi connectivity index (χ0n) is 6.57. The number of hydrogen-bond acceptors (Lipinski definition) is 4. The Morgan fingerprint density at radius 2 is 2.42 bits per heavy atom. The zero-order chi connectivity index (χ0) is 8.97. The van der Waals surface area contributed by atoms with Gasteiger partial charge in [0.25, 0.3) is 0 Å². The van der Waals surface area contributed by atoms with Crippen molar-refractivity contribution in [1.29, 1.82) is 0 Å². The first-order chi connectivity index (χ1) is 5.72. The van der Waals surface area contributed by atoms with Crippen molar-refractivity contribution in [2.24, 2.45) is 0 Å². The second-order valence-electron chi connectivity index (χ2n) is 2.18. The molecule has 0 amide bonds. The molecule has 0 bridgehead atoms. The van der Waals surface area contributed by atoms with Crippen LogP contribution in [0.4, 0.5) is 5.13 Å². The number of rotatable bonds is 3. The lowest BCUT2D eigenvalue weighted by molar-refractivity contribution is 0.879. The fourth-order valence-corrected chi connectivity index (χ4v) is 1.90. The maximum atomic E-state index is 4.74. The number of hydrogen-bond donors (Lipinski definition) is 2. The summed E-state index contributed by atoms with van der Waals surface area (Å²) in [5.41, 5.74) is 0. The van der Waals surface area contributed by atoms with Crippen LogP contribution in [0.15, 0.2) is 0 Å². The summed E-state index contributed by atoms with van der Waals surface area (Å²) in [6, 6.07) is 0. The quantitative estimate of drug-likeness (QED) is 0.603. The zero-order valence-corrected chi connectivity index (χ0v) is 9.10. The van der Waals surface area contributed by atoms with Crippen molar-refractivity contribution in [2.75, 3.05) is 5.32 Å². The molecular formula is C6H9N3S3. The van der Waals surface area contributed by atoms with Gasteiger partial charge in [-0.15, -0.1) is 22.8 Å². The van der Waals surface area contributed by atoms with Crippen LogP contribution in [0.3, 0.4) is 0 Å². The van der Waals surface area contributed by atoms with E-state index >= 15 is 0 Å². The number of thiocarbonyl (C=S) groups is 1. The van der Waals surface area contributed by atoms with Crippen LogP contribution in [0.2, 0.25) is 0 Å². The van der Waals surface area contributed by atoms with E-state index in [4.69, 9.17) is 12.2 Å². The fraction of sp³-hybridized carbons (Fsp3) is 0.500. The molecule has 0 spiro atoms. The Kier molecular flexibility index (Phi) is 3.90. The molecule has 0 saturated heterocycles. The summed E-state index contributed by atoms with van der Waals surface area (Å²) in [5, 5.41) is 12.4. The first kappa shape index (κ1) is 9.88. The van der Waals surface area contributed by atoms with Crippen molar-refractivity contribution in [3.63, 3.8) is 0 Å². The summed E-state index contributed by atoms with van der Waals surface area (Å²) >= 11 is 10.2. The first-order valence-corrected chi connectivity index (χ1v) is 5.22. The molecule has 1 N–H and O–H groups in total. The highest BCUT2D eigenvalue weighted by Gasteiger charge is 2.02. The van der Waals surface area contributed by atoms with Gasteiger partial charge in [-0.3, -0.25) is 0 Å². The third-order valence-electron chi connectivity index (χ3n) is 1.14. The Morgan fingerprint density at radius 1 is 1.67 bits per heavy atom. The van der Waals surface area contributed by atoms with E-state index in [2.05, 4.69) is 35.1 Å². The summed E-state index contributed by atoms with van der Waals surface area (Å²) < 4.78 is 0.425. The number of aromatic nitrogens is 2. The van der Waals surface area contributed by atoms with Crippen molar-refractivity contribution in [3.05, 3.63) is 5.01 Å². The monoisotopic (exact) mass is 219 g/mol. The summed E-state index contributed by atoms with van der Waals surface area (Å²) in [6.45, 7) is 2.11. The topological polar surface area (TPSA) is 37.8 Å². The number of thiol groups is 1. The third-order valence-corrected chi connectivity index (χ3v) is 2.26. The van der Waals surface area contributed by atoms with E-state index in [0.29, 0.717) is 4.32 Å². The molecule has 0 radical (unpaired) electrons. The summed E-state index contributed by atoms with van der Waals surface area (Å²) in [5.74, 6) is 0. The third kappa shape index (κ3) is 3.04. The molecule has 0 fully saturated rings. The molecule has 3 nitrogen and oxygen atoms in total. The van der Waals surface area contributed by atoms with Gasteiger partial charge in [0.2, 0.25) is 5.13 Å². The van der Waals surface area contributed by atoms with E-state index in [1.165, 1.54) is 11.3 Å². The maximum absolute atomic E-state index is 4.74. The van der Waals surface area contributed by atoms with Crippen LogP contribution < -0.4 is 5.32 Å². The van der Waals surface area contributed by atoms with Crippen LogP contribution in [0.1, 0.15) is 18.4 Å². The molecule has 1 rings (SSSR count). The standard InChI is InChI=1S/C6H9N3S3/c1-2-3-4-8-9-5(12-4)7-6(10)11/h2-3H2,1H3,(H2,7,9,10,11). The Labute approximate surface area is 86.0 Å². The van der Waals surface area contributed by atoms with E-state index in [1.54, 1.807) is 0 Å². The molecule has 0 aliphatic heterocycles. The Morgan fingerprint density at radius 3 is 3.00 bits per heavy atom. The van der Waals surface area contributed by atoms with Gasteiger partial charge in [-0.05, 0) is 6.42 Å². The lowest BCUT2D eigenvalue weighted by Crippen LogP contribution is -1.99. The SMILES string of the molecule is CCCc1nnc(NC(=S)S)s1. The van der Waals surface area contributed by atoms with Gasteiger partial charge in [-0.2, -0.15) is 0 Å². The lowest BCUT2D eigenvalue weighted by atomic mass is 10.4. The first-order valence-electron chi connectivity index (χ1n) is 3.54. The van der Waals surface area contributed by atoms with E-state index in [1.807, 2.05) is 0 Å². The van der Waals surface area contributed by atoms with Gasteiger partial charge >= 0.3 is 0 Å². The highest BCUT2D eigenvalue weighted by atomic mass is 32.1. The molecule has 1 heterocycles. The number of nitrogens with one attached hydrogen (secondary N) is 1. The average molecular weight is 219 g/mol. The van der Waals surface area contributed by atoms with E-state index < -0.39 is 0 Å². The highest BCUT2D eigenvalue weighted by Crippen LogP contribution is 2.16. The molecule has 0 aliphatic carbocycles. The van der Waals surface area contributed by atoms with Crippen LogP contribution in [0.25, 0.3) is 0 Å². The van der Waals surface area contributed by atoms with E-state index in [0.717, 1.165) is 23.0 Å². The smallest absolute Gasteiger partial charge is 0.211 e. The Bertz CT molecular complexity index is 271. The van der Waals surface area contributed by atoms with E-state index in [9.17, 15) is 0 Å². The maximum Gasteiger partial charge on any atom is 0.211 e. The molecule has 0 saturated carbocycles. The number of nitrogens with zero attached hydrogens (tertiary/aromatic N) is 2. The van der Waals surface area contributed by atoms with Crippen LogP contribution in [-0.2, 0) is 6.42 Å². The second kappa shape index (κ2) is 4.74. The van der Waals surface area contributed by atoms with Crippen LogP contribution >= 0.6 is 36.2 Å². The second-order valence-corrected chi connectivity index (χ2v) is 4.40. The molecule has 0 unspecified atom stereocenters. The largest absolute Gasteiger partial charge is 0.316 e. The minimum atomic E-state index is 0.425. The van der Waals surface area contributed by atoms with Crippen molar-refractivity contribution in [1.82, 2.24) is 10.2 Å². The van der Waals surface area contributed by atoms with E-state index in [-0.39, 0.29) is 0 Å². The van der Waals surface area contributed by atoms with Gasteiger partial charge in [-0.25, -0.2) is 0 Å². The molecule has 0 aromatic carbocycles. The van der Waals surface area contributed by atoms with Crippen molar-refractivity contribution in [2.45, 2.75) is 19.8 Å². The predicted octanol–water partition coefficient (Wildman–Crippen LogP) is 2.12.